The molecule has 1 aromatic heterocycles. The second-order valence-corrected chi connectivity index (χ2v) is 5.76. The molecule has 2 aromatic rings. The van der Waals surface area contributed by atoms with Gasteiger partial charge in [0.05, 0.1) is 11.6 Å². The standard InChI is InChI=1S/C16H18F3NS/c1-3-7-20-15(14-10-21-9-11(14)2)12-5-4-6-13(8-12)16(17,18)19/h4-6,8-10,15,20H,3,7H2,1-2H3. The zero-order valence-electron chi connectivity index (χ0n) is 12.0. The van der Waals surface area contributed by atoms with Crippen LogP contribution in [0.2, 0.25) is 0 Å². The smallest absolute Gasteiger partial charge is 0.306 e. The fraction of sp³-hybridized carbons (Fsp3) is 0.375. The molecule has 0 aliphatic heterocycles. The van der Waals surface area contributed by atoms with E-state index >= 15 is 0 Å². The molecule has 114 valence electrons. The van der Waals surface area contributed by atoms with Gasteiger partial charge in [-0.05, 0) is 59.5 Å². The lowest BCUT2D eigenvalue weighted by Crippen LogP contribution is -2.23. The van der Waals surface area contributed by atoms with Gasteiger partial charge in [0.25, 0.3) is 0 Å². The highest BCUT2D eigenvalue weighted by Crippen LogP contribution is 2.33. The summed E-state index contributed by atoms with van der Waals surface area (Å²) in [6, 6.07) is 5.38. The van der Waals surface area contributed by atoms with Crippen molar-refractivity contribution in [2.45, 2.75) is 32.5 Å². The minimum absolute atomic E-state index is 0.196. The lowest BCUT2D eigenvalue weighted by molar-refractivity contribution is -0.137. The largest absolute Gasteiger partial charge is 0.416 e. The Kier molecular flexibility index (Phi) is 5.06. The van der Waals surface area contributed by atoms with E-state index in [0.717, 1.165) is 30.2 Å². The topological polar surface area (TPSA) is 12.0 Å². The fourth-order valence-electron chi connectivity index (χ4n) is 2.26. The summed E-state index contributed by atoms with van der Waals surface area (Å²) >= 11 is 1.57. The van der Waals surface area contributed by atoms with Crippen LogP contribution in [0.3, 0.4) is 0 Å². The van der Waals surface area contributed by atoms with Gasteiger partial charge in [-0.3, -0.25) is 0 Å². The molecular weight excluding hydrogens is 295 g/mol. The number of rotatable bonds is 5. The first-order valence-electron chi connectivity index (χ1n) is 6.86. The van der Waals surface area contributed by atoms with E-state index in [1.165, 1.54) is 12.1 Å². The molecular formula is C16H18F3NS. The average molecular weight is 313 g/mol. The van der Waals surface area contributed by atoms with Gasteiger partial charge in [0, 0.05) is 0 Å². The quantitative estimate of drug-likeness (QED) is 0.803. The number of halogens is 3. The molecule has 1 N–H and O–H groups in total. The van der Waals surface area contributed by atoms with E-state index in [1.807, 2.05) is 24.6 Å². The number of alkyl halides is 3. The summed E-state index contributed by atoms with van der Waals surface area (Å²) < 4.78 is 38.7. The minimum Gasteiger partial charge on any atom is -0.306 e. The maximum Gasteiger partial charge on any atom is 0.416 e. The van der Waals surface area contributed by atoms with Gasteiger partial charge < -0.3 is 5.32 Å². The Labute approximate surface area is 126 Å². The second-order valence-electron chi connectivity index (χ2n) is 5.02. The van der Waals surface area contributed by atoms with Gasteiger partial charge >= 0.3 is 6.18 Å². The third-order valence-corrected chi connectivity index (χ3v) is 4.23. The Bertz CT molecular complexity index is 589. The third-order valence-electron chi connectivity index (χ3n) is 3.35. The van der Waals surface area contributed by atoms with Gasteiger partial charge in [-0.2, -0.15) is 24.5 Å². The highest BCUT2D eigenvalue weighted by atomic mass is 32.1. The Morgan fingerprint density at radius 1 is 1.24 bits per heavy atom. The van der Waals surface area contributed by atoms with Crippen LogP contribution in [0.4, 0.5) is 13.2 Å². The summed E-state index contributed by atoms with van der Waals surface area (Å²) in [7, 11) is 0. The lowest BCUT2D eigenvalue weighted by atomic mass is 9.96. The fourth-order valence-corrected chi connectivity index (χ4v) is 3.13. The highest BCUT2D eigenvalue weighted by Gasteiger charge is 2.31. The predicted octanol–water partition coefficient (Wildman–Crippen LogP) is 5.16. The van der Waals surface area contributed by atoms with Crippen LogP contribution in [0, 0.1) is 6.92 Å². The molecule has 0 saturated heterocycles. The number of thiophene rings is 1. The highest BCUT2D eigenvalue weighted by molar-refractivity contribution is 7.08. The normalized spacial score (nSPS) is 13.4. The molecule has 1 unspecified atom stereocenters. The van der Waals surface area contributed by atoms with E-state index in [4.69, 9.17) is 0 Å². The molecule has 0 aliphatic carbocycles. The molecule has 0 spiro atoms. The molecule has 1 atom stereocenters. The van der Waals surface area contributed by atoms with Crippen LogP contribution in [0.15, 0.2) is 35.0 Å². The minimum atomic E-state index is -4.31. The van der Waals surface area contributed by atoms with E-state index in [-0.39, 0.29) is 6.04 Å². The van der Waals surface area contributed by atoms with Crippen LogP contribution in [0.1, 0.15) is 41.6 Å². The van der Waals surface area contributed by atoms with Crippen LogP contribution in [0.5, 0.6) is 0 Å². The molecule has 0 bridgehead atoms. The van der Waals surface area contributed by atoms with E-state index in [0.29, 0.717) is 5.56 Å². The summed E-state index contributed by atoms with van der Waals surface area (Å²) in [6.07, 6.45) is -3.38. The van der Waals surface area contributed by atoms with E-state index in [9.17, 15) is 13.2 Å². The molecule has 1 nitrogen and oxygen atoms in total. The van der Waals surface area contributed by atoms with Gasteiger partial charge in [0.2, 0.25) is 0 Å². The maximum atomic E-state index is 12.9. The molecule has 0 fully saturated rings. The van der Waals surface area contributed by atoms with Crippen molar-refractivity contribution in [1.82, 2.24) is 5.32 Å². The summed E-state index contributed by atoms with van der Waals surface area (Å²) in [5.41, 5.74) is 2.20. The molecule has 0 amide bonds. The SMILES string of the molecule is CCCNC(c1cccc(C(F)(F)F)c1)c1cscc1C. The number of hydrogen-bond acceptors (Lipinski definition) is 2. The molecule has 0 aliphatic rings. The van der Waals surface area contributed by atoms with Gasteiger partial charge in [0.15, 0.2) is 0 Å². The molecule has 0 saturated carbocycles. The second kappa shape index (κ2) is 6.62. The lowest BCUT2D eigenvalue weighted by Gasteiger charge is -2.20. The molecule has 1 heterocycles. The first kappa shape index (κ1) is 16.0. The molecule has 21 heavy (non-hydrogen) atoms. The number of hydrogen-bond donors (Lipinski definition) is 1. The van der Waals surface area contributed by atoms with Gasteiger partial charge in [0.1, 0.15) is 0 Å². The summed E-state index contributed by atoms with van der Waals surface area (Å²) in [4.78, 5) is 0. The van der Waals surface area contributed by atoms with E-state index in [2.05, 4.69) is 5.32 Å². The van der Waals surface area contributed by atoms with Crippen LogP contribution < -0.4 is 5.32 Å². The van der Waals surface area contributed by atoms with Crippen molar-refractivity contribution in [3.8, 4) is 0 Å². The van der Waals surface area contributed by atoms with Crippen molar-refractivity contribution in [3.05, 3.63) is 57.3 Å². The van der Waals surface area contributed by atoms with Crippen LogP contribution in [0.25, 0.3) is 0 Å². The van der Waals surface area contributed by atoms with E-state index in [1.54, 1.807) is 17.4 Å². The zero-order valence-corrected chi connectivity index (χ0v) is 12.8. The average Bonchev–Trinajstić information content (AvgIpc) is 2.85. The summed E-state index contributed by atoms with van der Waals surface area (Å²) in [5, 5.41) is 7.37. The van der Waals surface area contributed by atoms with Gasteiger partial charge in [-0.1, -0.05) is 19.1 Å². The van der Waals surface area contributed by atoms with Crippen molar-refractivity contribution >= 4 is 11.3 Å². The monoisotopic (exact) mass is 313 g/mol. The van der Waals surface area contributed by atoms with Gasteiger partial charge in [-0.25, -0.2) is 0 Å². The maximum absolute atomic E-state index is 12.9. The predicted molar refractivity (Wildman–Crippen MR) is 80.6 cm³/mol. The van der Waals surface area contributed by atoms with Crippen molar-refractivity contribution in [3.63, 3.8) is 0 Å². The van der Waals surface area contributed by atoms with Crippen molar-refractivity contribution < 1.29 is 13.2 Å². The Morgan fingerprint density at radius 3 is 2.57 bits per heavy atom. The van der Waals surface area contributed by atoms with Gasteiger partial charge in [-0.15, -0.1) is 0 Å². The molecule has 2 rings (SSSR count). The van der Waals surface area contributed by atoms with Crippen LogP contribution in [-0.2, 0) is 6.18 Å². The first-order valence-corrected chi connectivity index (χ1v) is 7.81. The third kappa shape index (κ3) is 3.86. The Balaban J connectivity index is 2.40. The number of benzene rings is 1. The van der Waals surface area contributed by atoms with Crippen molar-refractivity contribution in [2.75, 3.05) is 6.54 Å². The molecule has 0 radical (unpaired) electrons. The van der Waals surface area contributed by atoms with Crippen LogP contribution in [-0.4, -0.2) is 6.54 Å². The Hall–Kier alpha value is -1.33. The van der Waals surface area contributed by atoms with Crippen molar-refractivity contribution in [1.29, 1.82) is 0 Å². The van der Waals surface area contributed by atoms with Crippen molar-refractivity contribution in [2.24, 2.45) is 0 Å². The van der Waals surface area contributed by atoms with Crippen LogP contribution >= 0.6 is 11.3 Å². The Morgan fingerprint density at radius 2 is 2.00 bits per heavy atom. The molecule has 1 aromatic carbocycles. The summed E-state index contributed by atoms with van der Waals surface area (Å²) in [5.74, 6) is 0. The number of nitrogens with one attached hydrogen (secondary N) is 1. The summed E-state index contributed by atoms with van der Waals surface area (Å²) in [6.45, 7) is 4.78. The van der Waals surface area contributed by atoms with E-state index < -0.39 is 11.7 Å². The molecule has 5 heteroatoms. The first-order chi connectivity index (χ1) is 9.93. The zero-order chi connectivity index (χ0) is 15.5. The number of aryl methyl sites for hydroxylation is 1.